The zero-order valence-corrected chi connectivity index (χ0v) is 16.7. The van der Waals surface area contributed by atoms with E-state index in [-0.39, 0.29) is 5.75 Å². The van der Waals surface area contributed by atoms with Gasteiger partial charge < -0.3 is 19.7 Å². The van der Waals surface area contributed by atoms with Gasteiger partial charge in [-0.2, -0.15) is 0 Å². The second-order valence-corrected chi connectivity index (χ2v) is 8.13. The van der Waals surface area contributed by atoms with Gasteiger partial charge in [0.05, 0.1) is 11.9 Å². The maximum atomic E-state index is 10.5. The number of phenols is 1. The minimum absolute atomic E-state index is 0.141. The highest BCUT2D eigenvalue weighted by Gasteiger charge is 2.35. The summed E-state index contributed by atoms with van der Waals surface area (Å²) in [6, 6.07) is 11.1. The van der Waals surface area contributed by atoms with Gasteiger partial charge in [0, 0.05) is 43.2 Å². The minimum Gasteiger partial charge on any atom is -0.507 e. The molecule has 29 heavy (non-hydrogen) atoms. The maximum Gasteiger partial charge on any atom is 0.191 e. The molecule has 2 fully saturated rings. The van der Waals surface area contributed by atoms with Gasteiger partial charge in [0.1, 0.15) is 5.75 Å². The molecule has 3 atom stereocenters. The minimum atomic E-state index is 0.141. The topological polar surface area (TPSA) is 87.3 Å². The number of aromatic hydroxyl groups is 1. The Labute approximate surface area is 169 Å². The average molecular weight is 391 g/mol. The number of hydrogen-bond donors (Lipinski definition) is 2. The summed E-state index contributed by atoms with van der Waals surface area (Å²) in [7, 11) is 2.10. The Hall–Kier alpha value is -2.93. The summed E-state index contributed by atoms with van der Waals surface area (Å²) >= 11 is 0. The van der Waals surface area contributed by atoms with Gasteiger partial charge in [-0.3, -0.25) is 0 Å². The molecule has 2 aromatic heterocycles. The third-order valence-corrected chi connectivity index (χ3v) is 6.19. The summed E-state index contributed by atoms with van der Waals surface area (Å²) in [5.41, 5.74) is 2.06. The fourth-order valence-corrected chi connectivity index (χ4v) is 4.58. The summed E-state index contributed by atoms with van der Waals surface area (Å²) in [5, 5.41) is 23.0. The van der Waals surface area contributed by atoms with Crippen molar-refractivity contribution in [2.24, 2.45) is 0 Å². The van der Waals surface area contributed by atoms with Crippen molar-refractivity contribution in [2.45, 2.75) is 50.7 Å². The lowest BCUT2D eigenvalue weighted by Crippen LogP contribution is -2.47. The number of oxazole rings is 1. The summed E-state index contributed by atoms with van der Waals surface area (Å²) in [6.45, 7) is 1.79. The molecule has 0 radical (unpaired) electrons. The molecule has 0 saturated carbocycles. The van der Waals surface area contributed by atoms with Crippen LogP contribution in [0, 0.1) is 6.92 Å². The van der Waals surface area contributed by atoms with Gasteiger partial charge in [-0.1, -0.05) is 6.07 Å². The number of anilines is 1. The molecule has 7 heteroatoms. The number of aromatic nitrogens is 3. The van der Waals surface area contributed by atoms with Crippen LogP contribution in [-0.2, 0) is 0 Å². The molecule has 7 nitrogen and oxygen atoms in total. The highest BCUT2D eigenvalue weighted by atomic mass is 16.4. The van der Waals surface area contributed by atoms with E-state index in [1.54, 1.807) is 19.2 Å². The quantitative estimate of drug-likeness (QED) is 0.703. The number of rotatable bonds is 4. The van der Waals surface area contributed by atoms with Gasteiger partial charge >= 0.3 is 0 Å². The van der Waals surface area contributed by atoms with Crippen LogP contribution in [0.4, 0.5) is 5.82 Å². The Morgan fingerprint density at radius 1 is 1.10 bits per heavy atom. The third kappa shape index (κ3) is 3.46. The normalized spacial score (nSPS) is 23.3. The Bertz CT molecular complexity index is 1000. The second-order valence-electron chi connectivity index (χ2n) is 8.13. The Kier molecular flexibility index (Phi) is 4.47. The van der Waals surface area contributed by atoms with Crippen molar-refractivity contribution >= 4 is 5.82 Å². The third-order valence-electron chi connectivity index (χ3n) is 6.19. The molecular formula is C22H25N5O2. The van der Waals surface area contributed by atoms with Crippen molar-refractivity contribution in [1.82, 2.24) is 20.5 Å². The van der Waals surface area contributed by atoms with Gasteiger partial charge in [0.25, 0.3) is 0 Å². The Morgan fingerprint density at radius 2 is 1.90 bits per heavy atom. The number of phenolic OH excluding ortho intramolecular Hbond substituents is 1. The number of nitrogens with one attached hydrogen (secondary N) is 1. The SMILES string of the molecule is Cc1ncc(-c2ccc(-c3ccc(N(C)C4C[C@H]5CC[C@@H](C4)N5)nn3)c(O)c2)o1. The van der Waals surface area contributed by atoms with E-state index in [1.807, 2.05) is 24.3 Å². The molecule has 5 rings (SSSR count). The van der Waals surface area contributed by atoms with E-state index in [4.69, 9.17) is 4.42 Å². The monoisotopic (exact) mass is 391 g/mol. The van der Waals surface area contributed by atoms with Crippen LogP contribution in [0.25, 0.3) is 22.6 Å². The first-order valence-electron chi connectivity index (χ1n) is 10.2. The van der Waals surface area contributed by atoms with E-state index in [9.17, 15) is 5.11 Å². The first kappa shape index (κ1) is 18.1. The van der Waals surface area contributed by atoms with Crippen molar-refractivity contribution in [3.05, 3.63) is 42.4 Å². The van der Waals surface area contributed by atoms with Crippen LogP contribution in [-0.4, -0.2) is 45.5 Å². The number of nitrogens with zero attached hydrogens (tertiary/aromatic N) is 4. The van der Waals surface area contributed by atoms with Crippen molar-refractivity contribution < 1.29 is 9.52 Å². The van der Waals surface area contributed by atoms with Crippen LogP contribution < -0.4 is 10.2 Å². The van der Waals surface area contributed by atoms with Crippen molar-refractivity contribution in [1.29, 1.82) is 0 Å². The van der Waals surface area contributed by atoms with Crippen molar-refractivity contribution in [3.8, 4) is 28.3 Å². The van der Waals surface area contributed by atoms with E-state index >= 15 is 0 Å². The van der Waals surface area contributed by atoms with Crippen LogP contribution in [0.15, 0.2) is 40.9 Å². The number of hydrogen-bond acceptors (Lipinski definition) is 7. The zero-order chi connectivity index (χ0) is 20.0. The summed E-state index contributed by atoms with van der Waals surface area (Å²) in [6.07, 6.45) is 6.52. The summed E-state index contributed by atoms with van der Waals surface area (Å²) in [4.78, 5) is 6.35. The molecule has 2 aliphatic rings. The smallest absolute Gasteiger partial charge is 0.191 e. The fourth-order valence-electron chi connectivity index (χ4n) is 4.58. The number of aryl methyl sites for hydroxylation is 1. The molecule has 3 aromatic rings. The van der Waals surface area contributed by atoms with Crippen LogP contribution in [0.3, 0.4) is 0 Å². The van der Waals surface area contributed by atoms with Crippen LogP contribution in [0.2, 0.25) is 0 Å². The molecule has 1 aromatic carbocycles. The first-order chi connectivity index (χ1) is 14.1. The van der Waals surface area contributed by atoms with Crippen molar-refractivity contribution in [2.75, 3.05) is 11.9 Å². The zero-order valence-electron chi connectivity index (χ0n) is 16.7. The molecule has 150 valence electrons. The first-order valence-corrected chi connectivity index (χ1v) is 10.2. The second kappa shape index (κ2) is 7.15. The molecule has 2 aliphatic heterocycles. The lowest BCUT2D eigenvalue weighted by atomic mass is 9.98. The molecule has 2 saturated heterocycles. The predicted molar refractivity (Wildman–Crippen MR) is 111 cm³/mol. The fraction of sp³-hybridized carbons (Fsp3) is 0.409. The van der Waals surface area contributed by atoms with Crippen LogP contribution >= 0.6 is 0 Å². The van der Waals surface area contributed by atoms with Gasteiger partial charge in [-0.15, -0.1) is 10.2 Å². The Balaban J connectivity index is 1.34. The molecule has 4 heterocycles. The van der Waals surface area contributed by atoms with E-state index in [2.05, 4.69) is 32.4 Å². The lowest BCUT2D eigenvalue weighted by Gasteiger charge is -2.36. The molecule has 2 N–H and O–H groups in total. The van der Waals surface area contributed by atoms with Gasteiger partial charge in [-0.25, -0.2) is 4.98 Å². The largest absolute Gasteiger partial charge is 0.507 e. The van der Waals surface area contributed by atoms with Crippen LogP contribution in [0.1, 0.15) is 31.6 Å². The summed E-state index contributed by atoms with van der Waals surface area (Å²) in [5.74, 6) is 2.23. The molecule has 0 spiro atoms. The molecule has 0 amide bonds. The number of benzene rings is 1. The standard InChI is InChI=1S/C22H25N5O2/c1-13-23-12-21(29-13)14-3-6-18(20(28)9-14)19-7-8-22(26-25-19)27(2)17-10-15-4-5-16(11-17)24-15/h3,6-9,12,15-17,24,28H,4-5,10-11H2,1-2H3/t15-,16+,17?. The predicted octanol–water partition coefficient (Wildman–Crippen LogP) is 3.53. The van der Waals surface area contributed by atoms with Gasteiger partial charge in [0.15, 0.2) is 17.5 Å². The van der Waals surface area contributed by atoms with Crippen molar-refractivity contribution in [3.63, 3.8) is 0 Å². The average Bonchev–Trinajstić information content (AvgIpc) is 3.32. The number of fused-ring (bicyclic) bond motifs is 2. The van der Waals surface area contributed by atoms with Crippen LogP contribution in [0.5, 0.6) is 5.75 Å². The van der Waals surface area contributed by atoms with E-state index in [0.29, 0.717) is 41.0 Å². The van der Waals surface area contributed by atoms with E-state index < -0.39 is 0 Å². The Morgan fingerprint density at radius 3 is 2.52 bits per heavy atom. The molecule has 1 unspecified atom stereocenters. The van der Waals surface area contributed by atoms with Gasteiger partial charge in [-0.05, 0) is 49.9 Å². The maximum absolute atomic E-state index is 10.5. The molecule has 0 aliphatic carbocycles. The van der Waals surface area contributed by atoms with Gasteiger partial charge in [0.2, 0.25) is 0 Å². The summed E-state index contributed by atoms with van der Waals surface area (Å²) < 4.78 is 5.53. The molecular weight excluding hydrogens is 366 g/mol. The highest BCUT2D eigenvalue weighted by molar-refractivity contribution is 5.72. The number of piperidine rings is 1. The lowest BCUT2D eigenvalue weighted by molar-refractivity contribution is 0.353. The van der Waals surface area contributed by atoms with E-state index in [0.717, 1.165) is 24.2 Å². The highest BCUT2D eigenvalue weighted by Crippen LogP contribution is 2.34. The molecule has 2 bridgehead atoms. The van der Waals surface area contributed by atoms with E-state index in [1.165, 1.54) is 12.8 Å².